The van der Waals surface area contributed by atoms with Gasteiger partial charge in [-0.15, -0.1) is 28.1 Å². The second kappa shape index (κ2) is 11.8. The maximum atomic E-state index is 12.7. The molecule has 0 saturated carbocycles. The highest BCUT2D eigenvalue weighted by Crippen LogP contribution is 2.31. The van der Waals surface area contributed by atoms with Crippen molar-refractivity contribution in [2.75, 3.05) is 11.1 Å². The smallest absolute Gasteiger partial charge is 0.234 e. The number of ether oxygens (including phenoxy) is 1. The maximum absolute atomic E-state index is 12.7. The van der Waals surface area contributed by atoms with E-state index in [2.05, 4.69) is 54.1 Å². The Morgan fingerprint density at radius 3 is 2.59 bits per heavy atom. The van der Waals surface area contributed by atoms with Crippen LogP contribution in [0.1, 0.15) is 22.5 Å². The average Bonchev–Trinajstić information content (AvgIpc) is 3.51. The van der Waals surface area contributed by atoms with Gasteiger partial charge in [0.05, 0.1) is 16.0 Å². The summed E-state index contributed by atoms with van der Waals surface area (Å²) >= 11 is 3.00. The Morgan fingerprint density at radius 2 is 1.82 bits per heavy atom. The lowest BCUT2D eigenvalue weighted by atomic mass is 10.1. The topological polar surface area (TPSA) is 81.9 Å². The SMILES string of the molecule is C=CCn1c(COc2ccc(C)cc2C)nnc1SCC(=O)Nc1ccc(-c2nc3ccc(C)cc3s2)cc1. The van der Waals surface area contributed by atoms with Crippen LogP contribution in [-0.4, -0.2) is 31.4 Å². The first kappa shape index (κ1) is 26.6. The summed E-state index contributed by atoms with van der Waals surface area (Å²) in [7, 11) is 0. The molecule has 0 unspecified atom stereocenters. The number of aryl methyl sites for hydroxylation is 3. The Balaban J connectivity index is 1.19. The van der Waals surface area contributed by atoms with Gasteiger partial charge in [0.15, 0.2) is 11.0 Å². The van der Waals surface area contributed by atoms with Gasteiger partial charge in [0, 0.05) is 17.8 Å². The monoisotopic (exact) mass is 555 g/mol. The number of aromatic nitrogens is 4. The maximum Gasteiger partial charge on any atom is 0.234 e. The van der Waals surface area contributed by atoms with Gasteiger partial charge in [-0.3, -0.25) is 9.36 Å². The molecule has 5 aromatic rings. The van der Waals surface area contributed by atoms with Crippen LogP contribution in [0, 0.1) is 20.8 Å². The third kappa shape index (κ3) is 6.38. The third-order valence-corrected chi connectivity index (χ3v) is 8.12. The highest BCUT2D eigenvalue weighted by Gasteiger charge is 2.15. The van der Waals surface area contributed by atoms with Crippen LogP contribution in [0.25, 0.3) is 20.8 Å². The van der Waals surface area contributed by atoms with E-state index in [1.165, 1.54) is 27.6 Å². The molecule has 0 radical (unpaired) electrons. The molecular formula is C30H29N5O2S2. The number of amides is 1. The minimum atomic E-state index is -0.121. The number of nitrogens with zero attached hydrogens (tertiary/aromatic N) is 4. The molecule has 1 N–H and O–H groups in total. The van der Waals surface area contributed by atoms with Crippen LogP contribution in [0.5, 0.6) is 5.75 Å². The number of rotatable bonds is 10. The van der Waals surface area contributed by atoms with Gasteiger partial charge in [0.1, 0.15) is 17.4 Å². The highest BCUT2D eigenvalue weighted by atomic mass is 32.2. The molecule has 3 aromatic carbocycles. The molecule has 39 heavy (non-hydrogen) atoms. The number of thioether (sulfide) groups is 1. The normalized spacial score (nSPS) is 11.1. The summed E-state index contributed by atoms with van der Waals surface area (Å²) in [6.07, 6.45) is 1.78. The molecular weight excluding hydrogens is 526 g/mol. The lowest BCUT2D eigenvalue weighted by Crippen LogP contribution is -2.15. The van der Waals surface area contributed by atoms with E-state index in [0.717, 1.165) is 33.1 Å². The molecule has 0 bridgehead atoms. The number of carbonyl (C=O) groups is 1. The minimum absolute atomic E-state index is 0.121. The van der Waals surface area contributed by atoms with E-state index in [1.54, 1.807) is 17.4 Å². The van der Waals surface area contributed by atoms with Crippen molar-refractivity contribution in [1.29, 1.82) is 0 Å². The number of carbonyl (C=O) groups excluding carboxylic acids is 1. The van der Waals surface area contributed by atoms with Crippen molar-refractivity contribution in [3.05, 3.63) is 95.8 Å². The molecule has 0 aliphatic carbocycles. The van der Waals surface area contributed by atoms with Crippen molar-refractivity contribution in [3.8, 4) is 16.3 Å². The van der Waals surface area contributed by atoms with E-state index in [0.29, 0.717) is 17.5 Å². The molecule has 2 aromatic heterocycles. The first-order valence-electron chi connectivity index (χ1n) is 12.5. The van der Waals surface area contributed by atoms with E-state index >= 15 is 0 Å². The van der Waals surface area contributed by atoms with Gasteiger partial charge in [-0.25, -0.2) is 4.98 Å². The van der Waals surface area contributed by atoms with E-state index in [9.17, 15) is 4.79 Å². The van der Waals surface area contributed by atoms with Crippen molar-refractivity contribution in [2.24, 2.45) is 0 Å². The largest absolute Gasteiger partial charge is 0.485 e. The first-order chi connectivity index (χ1) is 18.9. The molecule has 0 aliphatic rings. The van der Waals surface area contributed by atoms with E-state index in [4.69, 9.17) is 9.72 Å². The number of allylic oxidation sites excluding steroid dienone is 1. The van der Waals surface area contributed by atoms with Gasteiger partial charge in [-0.05, 0) is 74.4 Å². The Kier molecular flexibility index (Phi) is 8.09. The van der Waals surface area contributed by atoms with Gasteiger partial charge in [0.25, 0.3) is 0 Å². The molecule has 2 heterocycles. The number of hydrogen-bond donors (Lipinski definition) is 1. The van der Waals surface area contributed by atoms with E-state index in [1.807, 2.05) is 54.0 Å². The van der Waals surface area contributed by atoms with Gasteiger partial charge in [0.2, 0.25) is 5.91 Å². The number of anilines is 1. The number of hydrogen-bond acceptors (Lipinski definition) is 7. The zero-order chi connectivity index (χ0) is 27.4. The van der Waals surface area contributed by atoms with E-state index in [-0.39, 0.29) is 18.3 Å². The molecule has 0 aliphatic heterocycles. The predicted octanol–water partition coefficient (Wildman–Crippen LogP) is 6.98. The molecule has 1 amide bonds. The van der Waals surface area contributed by atoms with Crippen molar-refractivity contribution < 1.29 is 9.53 Å². The summed E-state index contributed by atoms with van der Waals surface area (Å²) < 4.78 is 9.09. The summed E-state index contributed by atoms with van der Waals surface area (Å²) in [6.45, 7) is 10.8. The predicted molar refractivity (Wildman–Crippen MR) is 160 cm³/mol. The molecule has 0 atom stereocenters. The molecule has 198 valence electrons. The van der Waals surface area contributed by atoms with Crippen molar-refractivity contribution >= 4 is 44.9 Å². The number of thiazole rings is 1. The van der Waals surface area contributed by atoms with Crippen LogP contribution in [0.3, 0.4) is 0 Å². The number of benzene rings is 3. The van der Waals surface area contributed by atoms with Crippen LogP contribution in [0.2, 0.25) is 0 Å². The third-order valence-electron chi connectivity index (χ3n) is 6.08. The molecule has 7 nitrogen and oxygen atoms in total. The van der Waals surface area contributed by atoms with Gasteiger partial charge in [-0.2, -0.15) is 0 Å². The quantitative estimate of drug-likeness (QED) is 0.148. The fourth-order valence-electron chi connectivity index (χ4n) is 4.13. The number of nitrogens with one attached hydrogen (secondary N) is 1. The zero-order valence-electron chi connectivity index (χ0n) is 22.1. The van der Waals surface area contributed by atoms with Crippen molar-refractivity contribution in [2.45, 2.75) is 39.1 Å². The van der Waals surface area contributed by atoms with Crippen molar-refractivity contribution in [3.63, 3.8) is 0 Å². The Morgan fingerprint density at radius 1 is 1.05 bits per heavy atom. The highest BCUT2D eigenvalue weighted by molar-refractivity contribution is 7.99. The second-order valence-corrected chi connectivity index (χ2v) is 11.2. The van der Waals surface area contributed by atoms with Crippen LogP contribution < -0.4 is 10.1 Å². The first-order valence-corrected chi connectivity index (χ1v) is 14.3. The molecule has 0 saturated heterocycles. The van der Waals surface area contributed by atoms with Gasteiger partial charge in [-0.1, -0.05) is 41.6 Å². The molecule has 5 rings (SSSR count). The lowest BCUT2D eigenvalue weighted by molar-refractivity contribution is -0.113. The minimum Gasteiger partial charge on any atom is -0.485 e. The molecule has 0 spiro atoms. The molecule has 9 heteroatoms. The summed E-state index contributed by atoms with van der Waals surface area (Å²) in [5.74, 6) is 1.57. The standard InChI is InChI=1S/C30H29N5O2S2/c1-5-14-35-27(17-37-25-13-7-19(2)15-21(25)4)33-34-30(35)38-18-28(36)31-23-10-8-22(9-11-23)29-32-24-12-6-20(3)16-26(24)39-29/h5-13,15-16H,1,14,17-18H2,2-4H3,(H,31,36). The van der Waals surface area contributed by atoms with Gasteiger partial charge < -0.3 is 10.1 Å². The van der Waals surface area contributed by atoms with E-state index < -0.39 is 0 Å². The van der Waals surface area contributed by atoms with Crippen LogP contribution in [0.15, 0.2) is 78.5 Å². The van der Waals surface area contributed by atoms with Crippen LogP contribution >= 0.6 is 23.1 Å². The van der Waals surface area contributed by atoms with Crippen LogP contribution in [-0.2, 0) is 17.9 Å². The van der Waals surface area contributed by atoms with Gasteiger partial charge >= 0.3 is 0 Å². The zero-order valence-corrected chi connectivity index (χ0v) is 23.7. The summed E-state index contributed by atoms with van der Waals surface area (Å²) in [6, 6.07) is 20.1. The molecule has 0 fully saturated rings. The second-order valence-electron chi connectivity index (χ2n) is 9.26. The average molecular weight is 556 g/mol. The fourth-order valence-corrected chi connectivity index (χ4v) is 5.96. The Hall–Kier alpha value is -3.95. The summed E-state index contributed by atoms with van der Waals surface area (Å²) in [5, 5.41) is 13.2. The van der Waals surface area contributed by atoms with Crippen molar-refractivity contribution in [1.82, 2.24) is 19.7 Å². The lowest BCUT2D eigenvalue weighted by Gasteiger charge is -2.11. The fraction of sp³-hybridized carbons (Fsp3) is 0.200. The summed E-state index contributed by atoms with van der Waals surface area (Å²) in [4.78, 5) is 17.4. The van der Waals surface area contributed by atoms with Crippen LogP contribution in [0.4, 0.5) is 5.69 Å². The number of fused-ring (bicyclic) bond motifs is 1. The Bertz CT molecular complexity index is 1640. The Labute approximate surface area is 236 Å². The summed E-state index contributed by atoms with van der Waals surface area (Å²) in [5.41, 5.74) is 6.23.